The molecule has 3 radical (unpaired) electrons. The summed E-state index contributed by atoms with van der Waals surface area (Å²) in [5.41, 5.74) is 17.2. The fourth-order valence-electron chi connectivity index (χ4n) is 7.64. The number of allylic oxidation sites excluding steroid dienone is 1. The van der Waals surface area contributed by atoms with Crippen molar-refractivity contribution in [1.29, 1.82) is 0 Å². The summed E-state index contributed by atoms with van der Waals surface area (Å²) in [4.78, 5) is 0. The third-order valence-corrected chi connectivity index (χ3v) is 9.72. The fraction of sp³-hybridized carbons (Fsp3) is 0.333. The van der Waals surface area contributed by atoms with Crippen LogP contribution in [0.4, 0.5) is 0 Å². The molecule has 0 bridgehead atoms. The van der Waals surface area contributed by atoms with Crippen LogP contribution >= 0.6 is 0 Å². The first kappa shape index (κ1) is 41.2. The minimum absolute atomic E-state index is 0. The fourth-order valence-corrected chi connectivity index (χ4v) is 7.64. The number of hydrogen-bond acceptors (Lipinski definition) is 0. The number of hydrogen-bond donors (Lipinski definition) is 0. The first-order valence-electron chi connectivity index (χ1n) is 17.1. The second-order valence-electron chi connectivity index (χ2n) is 15.3. The van der Waals surface area contributed by atoms with Crippen LogP contribution in [0.15, 0.2) is 90.5 Å². The summed E-state index contributed by atoms with van der Waals surface area (Å²) in [6.45, 7) is 20.7. The van der Waals surface area contributed by atoms with E-state index in [4.69, 9.17) is 0 Å². The molecule has 5 aromatic rings. The van der Waals surface area contributed by atoms with Crippen LogP contribution in [-0.4, -0.2) is 9.52 Å². The van der Waals surface area contributed by atoms with Gasteiger partial charge in [0.05, 0.1) is 0 Å². The van der Waals surface area contributed by atoms with Crippen molar-refractivity contribution in [2.45, 2.75) is 97.6 Å². The molecule has 0 saturated heterocycles. The molecule has 0 saturated carbocycles. The molecule has 0 fully saturated rings. The average molecular weight is 780 g/mol. The normalized spacial score (nSPS) is 14.2. The van der Waals surface area contributed by atoms with Gasteiger partial charge in [-0.3, -0.25) is 0 Å². The molecule has 0 aliphatic heterocycles. The molecule has 7 rings (SSSR count). The predicted octanol–water partition coefficient (Wildman–Crippen LogP) is 6.59. The van der Waals surface area contributed by atoms with Crippen molar-refractivity contribution in [3.05, 3.63) is 136 Å². The third kappa shape index (κ3) is 7.84. The zero-order chi connectivity index (χ0) is 32.8. The Morgan fingerprint density at radius 2 is 1.41 bits per heavy atom. The van der Waals surface area contributed by atoms with Crippen molar-refractivity contribution < 1.29 is 51.0 Å². The van der Waals surface area contributed by atoms with E-state index < -0.39 is 0 Å². The number of rotatable bonds is 4. The first-order chi connectivity index (χ1) is 22.0. The summed E-state index contributed by atoms with van der Waals surface area (Å²) in [6, 6.07) is 35.9. The standard InChI is InChI=1S/C43H43.C2H6Si.2ClH.Zr/c1-8-13-28-25-37-34(33-17-11-15-27-14-9-10-16-31(27)33)18-12-19-36(37)40(28)41-38-26-29-24-30(42(2,3)4)20-21-32(29)35(38)22-23-39(41)43(5,6)7;1-3-2;;;/h9-12,14-22,24-25,40H,8,13,26H2,1-7H3;1-2H3;2*1H;/q-1;;;;+3/p-2. The van der Waals surface area contributed by atoms with Gasteiger partial charge >= 0.3 is 26.2 Å². The van der Waals surface area contributed by atoms with Gasteiger partial charge in [-0.05, 0) is 73.7 Å². The van der Waals surface area contributed by atoms with E-state index >= 15 is 0 Å². The van der Waals surface area contributed by atoms with Crippen molar-refractivity contribution in [2.75, 3.05) is 0 Å². The minimum atomic E-state index is -0.0109. The van der Waals surface area contributed by atoms with Crippen LogP contribution in [0.5, 0.6) is 0 Å². The van der Waals surface area contributed by atoms with Crippen molar-refractivity contribution in [1.82, 2.24) is 0 Å². The SMILES string of the molecule is CCCC1=Cc2c(-c3cccc4ccccc34)cccc2C1c1c(C(C)(C)C)[c-]cc2c1Cc1cc(C(C)(C)C)ccc1-2.C[Si]C.[Cl-].[Cl-].[Zr+3]. The summed E-state index contributed by atoms with van der Waals surface area (Å²) in [5.74, 6) is 0.252. The molecule has 0 N–H and O–H groups in total. The van der Waals surface area contributed by atoms with Crippen LogP contribution in [0.3, 0.4) is 0 Å². The summed E-state index contributed by atoms with van der Waals surface area (Å²) in [7, 11) is 1.08. The monoisotopic (exact) mass is 777 g/mol. The van der Waals surface area contributed by atoms with Gasteiger partial charge in [-0.2, -0.15) is 17.7 Å². The van der Waals surface area contributed by atoms with Gasteiger partial charge in [0.1, 0.15) is 0 Å². The van der Waals surface area contributed by atoms with Gasteiger partial charge in [-0.15, -0.1) is 16.7 Å². The minimum Gasteiger partial charge on any atom is -1.00 e. The maximum absolute atomic E-state index is 3.88. The Morgan fingerprint density at radius 1 is 0.755 bits per heavy atom. The number of fused-ring (bicyclic) bond motifs is 5. The van der Waals surface area contributed by atoms with Crippen LogP contribution in [0.25, 0.3) is 39.1 Å². The molecule has 0 aromatic heterocycles. The molecule has 2 aliphatic carbocycles. The summed E-state index contributed by atoms with van der Waals surface area (Å²) in [5, 5.41) is 2.62. The van der Waals surface area contributed by atoms with Gasteiger partial charge in [-0.1, -0.05) is 164 Å². The second-order valence-corrected chi connectivity index (χ2v) is 16.3. The van der Waals surface area contributed by atoms with Crippen molar-refractivity contribution in [3.63, 3.8) is 0 Å². The number of halogens is 2. The Morgan fingerprint density at radius 3 is 2.08 bits per heavy atom. The van der Waals surface area contributed by atoms with Crippen molar-refractivity contribution >= 4 is 26.4 Å². The van der Waals surface area contributed by atoms with E-state index in [2.05, 4.69) is 159 Å². The second kappa shape index (κ2) is 16.4. The van der Waals surface area contributed by atoms with E-state index in [1.54, 1.807) is 5.57 Å². The van der Waals surface area contributed by atoms with Crippen LogP contribution < -0.4 is 24.8 Å². The van der Waals surface area contributed by atoms with E-state index in [9.17, 15) is 0 Å². The van der Waals surface area contributed by atoms with Gasteiger partial charge < -0.3 is 24.8 Å². The van der Waals surface area contributed by atoms with Gasteiger partial charge in [0.2, 0.25) is 0 Å². The summed E-state index contributed by atoms with van der Waals surface area (Å²) in [6.07, 6.45) is 5.78. The van der Waals surface area contributed by atoms with Crippen LogP contribution in [-0.2, 0) is 43.5 Å². The van der Waals surface area contributed by atoms with Gasteiger partial charge in [0.25, 0.3) is 0 Å². The van der Waals surface area contributed by atoms with E-state index in [0.29, 0.717) is 0 Å². The maximum Gasteiger partial charge on any atom is 3.00 e. The first-order valence-corrected chi connectivity index (χ1v) is 19.1. The zero-order valence-electron chi connectivity index (χ0n) is 30.6. The van der Waals surface area contributed by atoms with Crippen LogP contribution in [0.1, 0.15) is 106 Å². The molecule has 2 aliphatic rings. The van der Waals surface area contributed by atoms with E-state index in [1.807, 2.05) is 0 Å². The molecule has 0 spiro atoms. The molecule has 0 amide bonds. The Balaban J connectivity index is 0.00000105. The molecular weight excluding hydrogens is 731 g/mol. The third-order valence-electron chi connectivity index (χ3n) is 9.72. The largest absolute Gasteiger partial charge is 3.00 e. The van der Waals surface area contributed by atoms with Gasteiger partial charge in [0.15, 0.2) is 0 Å². The van der Waals surface area contributed by atoms with E-state index in [1.165, 1.54) is 72.0 Å². The molecule has 1 unspecified atom stereocenters. The molecular formula is C45H49Cl2SiZr. The Bertz CT molecular complexity index is 1950. The van der Waals surface area contributed by atoms with Crippen molar-refractivity contribution in [3.8, 4) is 22.3 Å². The smallest absolute Gasteiger partial charge is 1.00 e. The van der Waals surface area contributed by atoms with E-state index in [-0.39, 0.29) is 67.8 Å². The zero-order valence-corrected chi connectivity index (χ0v) is 35.6. The summed E-state index contributed by atoms with van der Waals surface area (Å²) >= 11 is 0. The Kier molecular flexibility index (Phi) is 13.8. The average Bonchev–Trinajstić information content (AvgIpc) is 3.57. The molecule has 4 heteroatoms. The van der Waals surface area contributed by atoms with Crippen LogP contribution in [0, 0.1) is 6.07 Å². The molecule has 251 valence electrons. The molecule has 1 atom stereocenters. The summed E-state index contributed by atoms with van der Waals surface area (Å²) < 4.78 is 0. The molecule has 49 heavy (non-hydrogen) atoms. The van der Waals surface area contributed by atoms with E-state index in [0.717, 1.165) is 28.8 Å². The maximum atomic E-state index is 3.88. The molecule has 0 heterocycles. The quantitative estimate of drug-likeness (QED) is 0.140. The molecule has 0 nitrogen and oxygen atoms in total. The van der Waals surface area contributed by atoms with Gasteiger partial charge in [0, 0.05) is 9.52 Å². The van der Waals surface area contributed by atoms with Crippen LogP contribution in [0.2, 0.25) is 13.1 Å². The Labute approximate surface area is 330 Å². The molecule has 5 aromatic carbocycles. The van der Waals surface area contributed by atoms with Gasteiger partial charge in [-0.25, -0.2) is 0 Å². The number of benzene rings is 5. The predicted molar refractivity (Wildman–Crippen MR) is 203 cm³/mol. The Hall–Kier alpha value is -2.22. The topological polar surface area (TPSA) is 0 Å². The van der Waals surface area contributed by atoms with Crippen molar-refractivity contribution in [2.24, 2.45) is 0 Å².